The predicted octanol–water partition coefficient (Wildman–Crippen LogP) is 7.22. The second-order valence-electron chi connectivity index (χ2n) is 8.05. The highest BCUT2D eigenvalue weighted by atomic mass is 35.5. The molecule has 156 valence electrons. The summed E-state index contributed by atoms with van der Waals surface area (Å²) in [6.07, 6.45) is 0.868. The van der Waals surface area contributed by atoms with E-state index in [9.17, 15) is 4.79 Å². The topological polar surface area (TPSA) is 35.5 Å². The van der Waals surface area contributed by atoms with E-state index in [1.807, 2.05) is 63.2 Å². The summed E-state index contributed by atoms with van der Waals surface area (Å²) >= 11 is 6.14. The van der Waals surface area contributed by atoms with Crippen LogP contribution < -0.4 is 0 Å². The van der Waals surface area contributed by atoms with Gasteiger partial charge in [-0.2, -0.15) is 0 Å². The average molecular weight is 423 g/mol. The van der Waals surface area contributed by atoms with Crippen molar-refractivity contribution in [2.24, 2.45) is 0 Å². The molecule has 0 aliphatic heterocycles. The molecule has 0 N–H and O–H groups in total. The van der Waals surface area contributed by atoms with Crippen LogP contribution in [-0.2, 0) is 14.3 Å². The van der Waals surface area contributed by atoms with Crippen molar-refractivity contribution >= 4 is 34.4 Å². The molecule has 0 saturated heterocycles. The molecular formula is C26H27ClO3. The normalized spacial score (nSPS) is 12.6. The van der Waals surface area contributed by atoms with Crippen LogP contribution >= 0.6 is 11.6 Å². The Hall–Kier alpha value is -2.62. The first kappa shape index (κ1) is 22.1. The quantitative estimate of drug-likeness (QED) is 0.393. The third kappa shape index (κ3) is 4.75. The Labute approximate surface area is 183 Å². The van der Waals surface area contributed by atoms with Gasteiger partial charge in [0, 0.05) is 10.6 Å². The average Bonchev–Trinajstić information content (AvgIpc) is 2.71. The van der Waals surface area contributed by atoms with Gasteiger partial charge in [-0.25, -0.2) is 4.79 Å². The molecule has 0 spiro atoms. The molecule has 1 atom stereocenters. The van der Waals surface area contributed by atoms with Crippen molar-refractivity contribution in [3.05, 3.63) is 77.3 Å². The fourth-order valence-corrected chi connectivity index (χ4v) is 3.69. The maximum absolute atomic E-state index is 13.1. The molecule has 30 heavy (non-hydrogen) atoms. The van der Waals surface area contributed by atoms with Crippen LogP contribution in [0.5, 0.6) is 0 Å². The minimum absolute atomic E-state index is 0.274. The number of halogens is 1. The molecule has 0 amide bonds. The minimum Gasteiger partial charge on any atom is -0.464 e. The molecule has 1 unspecified atom stereocenters. The van der Waals surface area contributed by atoms with Crippen molar-refractivity contribution in [2.45, 2.75) is 39.4 Å². The van der Waals surface area contributed by atoms with E-state index in [1.54, 1.807) is 13.0 Å². The molecule has 4 heteroatoms. The van der Waals surface area contributed by atoms with Gasteiger partial charge in [0.15, 0.2) is 6.10 Å². The fraction of sp³-hybridized carbons (Fsp3) is 0.269. The lowest BCUT2D eigenvalue weighted by Gasteiger charge is -2.29. The van der Waals surface area contributed by atoms with E-state index in [0.717, 1.165) is 33.0 Å². The van der Waals surface area contributed by atoms with Crippen LogP contribution in [0.25, 0.3) is 28.0 Å². The lowest BCUT2D eigenvalue weighted by atomic mass is 9.86. The lowest BCUT2D eigenvalue weighted by molar-refractivity contribution is -0.166. The highest BCUT2D eigenvalue weighted by Crippen LogP contribution is 2.41. The summed E-state index contributed by atoms with van der Waals surface area (Å²) in [5.41, 5.74) is 2.89. The first-order chi connectivity index (χ1) is 14.2. The van der Waals surface area contributed by atoms with Gasteiger partial charge in [-0.1, -0.05) is 60.7 Å². The first-order valence-electron chi connectivity index (χ1n) is 10.0. The molecule has 3 nitrogen and oxygen atoms in total. The Morgan fingerprint density at radius 2 is 1.80 bits per heavy atom. The van der Waals surface area contributed by atoms with E-state index in [2.05, 4.69) is 18.7 Å². The highest BCUT2D eigenvalue weighted by molar-refractivity contribution is 6.30. The predicted molar refractivity (Wildman–Crippen MR) is 125 cm³/mol. The van der Waals surface area contributed by atoms with Gasteiger partial charge in [0.1, 0.15) is 0 Å². The van der Waals surface area contributed by atoms with Crippen molar-refractivity contribution in [1.29, 1.82) is 0 Å². The maximum atomic E-state index is 13.1. The van der Waals surface area contributed by atoms with Gasteiger partial charge in [-0.3, -0.25) is 0 Å². The van der Waals surface area contributed by atoms with E-state index in [0.29, 0.717) is 5.02 Å². The maximum Gasteiger partial charge on any atom is 0.340 e. The van der Waals surface area contributed by atoms with Crippen LogP contribution in [0.15, 0.2) is 61.2 Å². The lowest BCUT2D eigenvalue weighted by Crippen LogP contribution is -2.29. The summed E-state index contributed by atoms with van der Waals surface area (Å²) in [5.74, 6) is -0.416. The van der Waals surface area contributed by atoms with Crippen molar-refractivity contribution in [3.8, 4) is 11.1 Å². The molecule has 0 aliphatic rings. The zero-order chi connectivity index (χ0) is 21.9. The number of ether oxygens (including phenoxy) is 2. The smallest absolute Gasteiger partial charge is 0.340 e. The number of hydrogen-bond donors (Lipinski definition) is 0. The zero-order valence-corrected chi connectivity index (χ0v) is 18.6. The van der Waals surface area contributed by atoms with Gasteiger partial charge in [-0.05, 0) is 73.4 Å². The molecule has 3 aromatic rings. The summed E-state index contributed by atoms with van der Waals surface area (Å²) in [6, 6.07) is 17.7. The first-order valence-corrected chi connectivity index (χ1v) is 10.4. The number of hydrogen-bond acceptors (Lipinski definition) is 3. The Balaban J connectivity index is 2.40. The van der Waals surface area contributed by atoms with Crippen LogP contribution in [0.2, 0.25) is 5.02 Å². The SMILES string of the molecule is C=Cc1cc2ccccc2c(-c2ccc(Cl)cc2)c1C(OC(C)(C)C)C(=O)OCC. The van der Waals surface area contributed by atoms with E-state index in [4.69, 9.17) is 21.1 Å². The highest BCUT2D eigenvalue weighted by Gasteiger charge is 2.33. The Kier molecular flexibility index (Phi) is 6.64. The van der Waals surface area contributed by atoms with Gasteiger partial charge < -0.3 is 9.47 Å². The summed E-state index contributed by atoms with van der Waals surface area (Å²) < 4.78 is 11.7. The summed E-state index contributed by atoms with van der Waals surface area (Å²) in [4.78, 5) is 13.1. The van der Waals surface area contributed by atoms with E-state index in [1.165, 1.54) is 0 Å². The summed E-state index contributed by atoms with van der Waals surface area (Å²) in [7, 11) is 0. The van der Waals surface area contributed by atoms with Crippen molar-refractivity contribution in [3.63, 3.8) is 0 Å². The molecule has 3 rings (SSSR count). The standard InChI is InChI=1S/C26H27ClO3/c1-6-17-16-19-10-8-9-11-21(19)22(18-12-14-20(27)15-13-18)23(17)24(25(28)29-7-2)30-26(3,4)5/h6,8-16,24H,1,7H2,2-5H3. The minimum atomic E-state index is -0.895. The third-order valence-corrected chi connectivity index (χ3v) is 4.96. The van der Waals surface area contributed by atoms with Crippen molar-refractivity contribution in [2.75, 3.05) is 6.61 Å². The van der Waals surface area contributed by atoms with Crippen LogP contribution in [0.4, 0.5) is 0 Å². The van der Waals surface area contributed by atoms with Crippen LogP contribution in [-0.4, -0.2) is 18.2 Å². The van der Waals surface area contributed by atoms with Crippen molar-refractivity contribution < 1.29 is 14.3 Å². The molecular weight excluding hydrogens is 396 g/mol. The number of fused-ring (bicyclic) bond motifs is 1. The third-order valence-electron chi connectivity index (χ3n) is 4.71. The van der Waals surface area contributed by atoms with Crippen molar-refractivity contribution in [1.82, 2.24) is 0 Å². The molecule has 0 fully saturated rings. The van der Waals surface area contributed by atoms with Crippen LogP contribution in [0.1, 0.15) is 44.9 Å². The number of rotatable bonds is 6. The van der Waals surface area contributed by atoms with Gasteiger partial charge in [-0.15, -0.1) is 0 Å². The fourth-order valence-electron chi connectivity index (χ4n) is 3.56. The van der Waals surface area contributed by atoms with Crippen LogP contribution in [0, 0.1) is 0 Å². The zero-order valence-electron chi connectivity index (χ0n) is 17.9. The molecule has 0 aliphatic carbocycles. The Bertz CT molecular complexity index is 1060. The van der Waals surface area contributed by atoms with E-state index < -0.39 is 17.7 Å². The van der Waals surface area contributed by atoms with Gasteiger partial charge in [0.2, 0.25) is 0 Å². The van der Waals surface area contributed by atoms with Gasteiger partial charge >= 0.3 is 5.97 Å². The molecule has 0 aromatic heterocycles. The number of esters is 1. The Morgan fingerprint density at radius 3 is 2.40 bits per heavy atom. The number of carbonyl (C=O) groups excluding carboxylic acids is 1. The monoisotopic (exact) mass is 422 g/mol. The Morgan fingerprint density at radius 1 is 1.13 bits per heavy atom. The van der Waals surface area contributed by atoms with Crippen LogP contribution in [0.3, 0.4) is 0 Å². The largest absolute Gasteiger partial charge is 0.464 e. The molecule has 0 bridgehead atoms. The van der Waals surface area contributed by atoms with E-state index in [-0.39, 0.29) is 6.61 Å². The second kappa shape index (κ2) is 9.03. The number of benzene rings is 3. The molecule has 0 saturated carbocycles. The second-order valence-corrected chi connectivity index (χ2v) is 8.49. The molecule has 3 aromatic carbocycles. The molecule has 0 radical (unpaired) electrons. The molecule has 0 heterocycles. The summed E-state index contributed by atoms with van der Waals surface area (Å²) in [6.45, 7) is 11.8. The van der Waals surface area contributed by atoms with E-state index >= 15 is 0 Å². The van der Waals surface area contributed by atoms with Gasteiger partial charge in [0.05, 0.1) is 12.2 Å². The number of carbonyl (C=O) groups is 1. The summed E-state index contributed by atoms with van der Waals surface area (Å²) in [5, 5.41) is 2.73. The van der Waals surface area contributed by atoms with Gasteiger partial charge in [0.25, 0.3) is 0 Å².